The fourth-order valence-electron chi connectivity index (χ4n) is 3.35. The van der Waals surface area contributed by atoms with E-state index in [-0.39, 0.29) is 11.2 Å². The van der Waals surface area contributed by atoms with E-state index in [0.29, 0.717) is 11.8 Å². The van der Waals surface area contributed by atoms with Crippen LogP contribution in [0.4, 0.5) is 0 Å². The topological polar surface area (TPSA) is 9.23 Å². The number of unbranched alkanes of at least 4 members (excludes halogenated alkanes) is 5. The molecular formula is C20H40O. The fourth-order valence-corrected chi connectivity index (χ4v) is 3.35. The van der Waals surface area contributed by atoms with Crippen molar-refractivity contribution >= 4 is 0 Å². The molecule has 0 radical (unpaired) electrons. The molecule has 0 aliphatic heterocycles. The predicted molar refractivity (Wildman–Crippen MR) is 95.8 cm³/mol. The minimum atomic E-state index is -0.226. The van der Waals surface area contributed by atoms with Crippen LogP contribution in [0.5, 0.6) is 0 Å². The average molecular weight is 297 g/mol. The van der Waals surface area contributed by atoms with Gasteiger partial charge in [0.1, 0.15) is 0 Å². The highest BCUT2D eigenvalue weighted by Gasteiger charge is 2.37. The van der Waals surface area contributed by atoms with Crippen molar-refractivity contribution in [3.8, 4) is 0 Å². The van der Waals surface area contributed by atoms with Gasteiger partial charge in [-0.15, -0.1) is 6.58 Å². The van der Waals surface area contributed by atoms with E-state index in [4.69, 9.17) is 4.74 Å². The van der Waals surface area contributed by atoms with Gasteiger partial charge in [-0.2, -0.15) is 0 Å². The second-order valence-electron chi connectivity index (χ2n) is 8.01. The Balaban J connectivity index is 4.53. The zero-order valence-electron chi connectivity index (χ0n) is 15.8. The van der Waals surface area contributed by atoms with Gasteiger partial charge in [0.05, 0.1) is 11.2 Å². The molecule has 2 unspecified atom stereocenters. The van der Waals surface area contributed by atoms with E-state index in [9.17, 15) is 0 Å². The van der Waals surface area contributed by atoms with Crippen molar-refractivity contribution in [3.63, 3.8) is 0 Å². The molecule has 0 aromatic rings. The van der Waals surface area contributed by atoms with E-state index in [1.165, 1.54) is 44.9 Å². The van der Waals surface area contributed by atoms with Gasteiger partial charge >= 0.3 is 0 Å². The highest BCUT2D eigenvalue weighted by atomic mass is 16.5. The quantitative estimate of drug-likeness (QED) is 0.302. The summed E-state index contributed by atoms with van der Waals surface area (Å²) in [6, 6.07) is 0. The first-order valence-electron chi connectivity index (χ1n) is 9.00. The van der Waals surface area contributed by atoms with Crippen molar-refractivity contribution in [2.45, 2.75) is 105 Å². The van der Waals surface area contributed by atoms with E-state index in [1.807, 2.05) is 6.08 Å². The third-order valence-electron chi connectivity index (χ3n) is 4.34. The van der Waals surface area contributed by atoms with Crippen LogP contribution in [0.1, 0.15) is 93.4 Å². The normalized spacial score (nSPS) is 16.8. The highest BCUT2D eigenvalue weighted by Crippen LogP contribution is 2.36. The van der Waals surface area contributed by atoms with Crippen LogP contribution in [0.15, 0.2) is 12.7 Å². The molecule has 21 heavy (non-hydrogen) atoms. The van der Waals surface area contributed by atoms with Crippen LogP contribution in [0.2, 0.25) is 0 Å². The Morgan fingerprint density at radius 2 is 1.48 bits per heavy atom. The molecule has 0 saturated heterocycles. The molecule has 0 aromatic heterocycles. The maximum Gasteiger partial charge on any atom is 0.0869 e. The number of ether oxygens (including phenoxy) is 1. The summed E-state index contributed by atoms with van der Waals surface area (Å²) in [6.45, 7) is 19.6. The molecule has 1 nitrogen and oxygen atoms in total. The third-order valence-corrected chi connectivity index (χ3v) is 4.34. The number of rotatable bonds is 11. The van der Waals surface area contributed by atoms with E-state index in [2.05, 4.69) is 55.0 Å². The minimum Gasteiger partial charge on any atom is -0.365 e. The van der Waals surface area contributed by atoms with E-state index < -0.39 is 0 Å². The average Bonchev–Trinajstić information content (AvgIpc) is 2.35. The molecular weight excluding hydrogens is 256 g/mol. The maximum atomic E-state index is 6.38. The number of hydrogen-bond acceptors (Lipinski definition) is 1. The molecule has 0 spiro atoms. The largest absolute Gasteiger partial charge is 0.365 e. The van der Waals surface area contributed by atoms with E-state index in [1.54, 1.807) is 0 Å². The van der Waals surface area contributed by atoms with Crippen LogP contribution < -0.4 is 0 Å². The third kappa shape index (κ3) is 8.66. The fraction of sp³-hybridized carbons (Fsp3) is 0.900. The molecule has 0 aromatic carbocycles. The van der Waals surface area contributed by atoms with Gasteiger partial charge in [-0.1, -0.05) is 65.4 Å². The van der Waals surface area contributed by atoms with E-state index >= 15 is 0 Å². The second-order valence-corrected chi connectivity index (χ2v) is 8.01. The van der Waals surface area contributed by atoms with Crippen molar-refractivity contribution in [2.24, 2.45) is 11.8 Å². The summed E-state index contributed by atoms with van der Waals surface area (Å²) >= 11 is 0. The standard InChI is InChI=1S/C20H40O/c1-9-11-12-13-14-15-16-18(17(3)4)20(8,10-2)21-19(5,6)7/h10,17-18H,2,9,11-16H2,1,3-8H3. The minimum absolute atomic E-state index is 0.128. The highest BCUT2D eigenvalue weighted by molar-refractivity contribution is 5.01. The van der Waals surface area contributed by atoms with Gasteiger partial charge in [0.15, 0.2) is 0 Å². The summed E-state index contributed by atoms with van der Waals surface area (Å²) in [4.78, 5) is 0. The molecule has 0 N–H and O–H groups in total. The Bertz CT molecular complexity index is 274. The van der Waals surface area contributed by atoms with Crippen molar-refractivity contribution in [2.75, 3.05) is 0 Å². The smallest absolute Gasteiger partial charge is 0.0869 e. The van der Waals surface area contributed by atoms with Crippen molar-refractivity contribution < 1.29 is 4.74 Å². The molecule has 0 rings (SSSR count). The zero-order chi connectivity index (χ0) is 16.5. The van der Waals surface area contributed by atoms with Crippen LogP contribution in [-0.4, -0.2) is 11.2 Å². The maximum absolute atomic E-state index is 6.38. The Kier molecular flexibility index (Phi) is 9.53. The Hall–Kier alpha value is -0.300. The number of hydrogen-bond donors (Lipinski definition) is 0. The molecule has 0 aliphatic carbocycles. The molecule has 0 heterocycles. The van der Waals surface area contributed by atoms with Gasteiger partial charge in [0.2, 0.25) is 0 Å². The Morgan fingerprint density at radius 3 is 1.90 bits per heavy atom. The van der Waals surface area contributed by atoms with Crippen LogP contribution in [0.25, 0.3) is 0 Å². The van der Waals surface area contributed by atoms with Crippen LogP contribution in [0, 0.1) is 11.8 Å². The lowest BCUT2D eigenvalue weighted by molar-refractivity contribution is -0.133. The van der Waals surface area contributed by atoms with Gasteiger partial charge in [-0.25, -0.2) is 0 Å². The van der Waals surface area contributed by atoms with Crippen molar-refractivity contribution in [3.05, 3.63) is 12.7 Å². The molecule has 0 amide bonds. The summed E-state index contributed by atoms with van der Waals surface area (Å²) < 4.78 is 6.38. The molecule has 0 aliphatic rings. The summed E-state index contributed by atoms with van der Waals surface area (Å²) in [5.41, 5.74) is -0.354. The van der Waals surface area contributed by atoms with Gasteiger partial charge in [0, 0.05) is 0 Å². The summed E-state index contributed by atoms with van der Waals surface area (Å²) in [5.74, 6) is 1.16. The van der Waals surface area contributed by atoms with Crippen LogP contribution in [0.3, 0.4) is 0 Å². The Labute approximate surface area is 134 Å². The lowest BCUT2D eigenvalue weighted by Gasteiger charge is -2.42. The predicted octanol–water partition coefficient (Wildman–Crippen LogP) is 6.77. The van der Waals surface area contributed by atoms with Gasteiger partial charge in [-0.3, -0.25) is 0 Å². The van der Waals surface area contributed by atoms with Gasteiger partial charge < -0.3 is 4.74 Å². The van der Waals surface area contributed by atoms with Crippen LogP contribution >= 0.6 is 0 Å². The first-order chi connectivity index (χ1) is 9.66. The lowest BCUT2D eigenvalue weighted by atomic mass is 9.77. The molecule has 1 heteroatoms. The molecule has 2 atom stereocenters. The Morgan fingerprint density at radius 1 is 0.952 bits per heavy atom. The van der Waals surface area contributed by atoms with Gasteiger partial charge in [0.25, 0.3) is 0 Å². The first-order valence-corrected chi connectivity index (χ1v) is 9.00. The monoisotopic (exact) mass is 296 g/mol. The SMILES string of the molecule is C=CC(C)(OC(C)(C)C)C(CCCCCCCC)C(C)C. The summed E-state index contributed by atoms with van der Waals surface area (Å²) in [5, 5.41) is 0. The molecule has 0 saturated carbocycles. The second kappa shape index (κ2) is 9.66. The summed E-state index contributed by atoms with van der Waals surface area (Å²) in [7, 11) is 0. The van der Waals surface area contributed by atoms with Gasteiger partial charge in [-0.05, 0) is 46.0 Å². The molecule has 0 bridgehead atoms. The molecule has 126 valence electrons. The molecule has 0 fully saturated rings. The van der Waals surface area contributed by atoms with Crippen molar-refractivity contribution in [1.82, 2.24) is 0 Å². The lowest BCUT2D eigenvalue weighted by Crippen LogP contribution is -2.44. The van der Waals surface area contributed by atoms with Crippen molar-refractivity contribution in [1.29, 1.82) is 0 Å². The van der Waals surface area contributed by atoms with E-state index in [0.717, 1.165) is 0 Å². The zero-order valence-corrected chi connectivity index (χ0v) is 15.8. The summed E-state index contributed by atoms with van der Waals surface area (Å²) in [6.07, 6.45) is 11.4. The first kappa shape index (κ1) is 20.7. The van der Waals surface area contributed by atoms with Crippen LogP contribution in [-0.2, 0) is 4.74 Å².